The molecule has 252 valence electrons. The number of aliphatic hydroxyl groups is 3. The van der Waals surface area contributed by atoms with Gasteiger partial charge in [0.15, 0.2) is 15.9 Å². The second kappa shape index (κ2) is 16.7. The largest absolute Gasteiger partial charge is 0.479 e. The van der Waals surface area contributed by atoms with E-state index in [1.807, 2.05) is 0 Å². The number of amides is 2. The minimum atomic E-state index is -3.29. The number of nitrogens with one attached hydrogen (secondary N) is 2. The molecule has 0 unspecified atom stereocenters. The summed E-state index contributed by atoms with van der Waals surface area (Å²) in [7, 11) is -3.29. The Bertz CT molecular complexity index is 1330. The molecule has 15 nitrogen and oxygen atoms in total. The quantitative estimate of drug-likeness (QED) is 0.106. The molecule has 2 amide bonds. The highest BCUT2D eigenvalue weighted by Crippen LogP contribution is 2.31. The number of rotatable bonds is 16. The molecule has 1 saturated heterocycles. The number of ether oxygens (including phenoxy) is 3. The van der Waals surface area contributed by atoms with Crippen LogP contribution in [0.2, 0.25) is 0 Å². The maximum atomic E-state index is 12.8. The molecule has 0 radical (unpaired) electrons. The van der Waals surface area contributed by atoms with E-state index in [0.29, 0.717) is 24.8 Å². The van der Waals surface area contributed by atoms with E-state index < -0.39 is 63.8 Å². The Morgan fingerprint density at radius 1 is 1.00 bits per heavy atom. The lowest BCUT2D eigenvalue weighted by Gasteiger charge is -2.38. The number of carboxylic acids is 1. The van der Waals surface area contributed by atoms with Gasteiger partial charge < -0.3 is 45.3 Å². The SMILES string of the molecule is C=CS(=O)(=O)CCCCCC(=O)NCCC(=O)Nc1cc(COC(=O)C(C)(C)C)ccc1O[C@@H]1O[C@H](C(=O)O)[C@H](O)[C@H](O)[C@@H]1O. The predicted molar refractivity (Wildman–Crippen MR) is 159 cm³/mol. The smallest absolute Gasteiger partial charge is 0.335 e. The molecule has 1 aliphatic rings. The first kappa shape index (κ1) is 37.6. The summed E-state index contributed by atoms with van der Waals surface area (Å²) in [5, 5.41) is 45.8. The summed E-state index contributed by atoms with van der Waals surface area (Å²) >= 11 is 0. The Morgan fingerprint density at radius 2 is 1.69 bits per heavy atom. The fourth-order valence-corrected chi connectivity index (χ4v) is 4.75. The van der Waals surface area contributed by atoms with Crippen LogP contribution in [0.1, 0.15) is 58.4 Å². The summed E-state index contributed by atoms with van der Waals surface area (Å²) in [6, 6.07) is 4.26. The van der Waals surface area contributed by atoms with Crippen molar-refractivity contribution in [1.82, 2.24) is 5.32 Å². The zero-order valence-corrected chi connectivity index (χ0v) is 26.2. The molecule has 0 saturated carbocycles. The van der Waals surface area contributed by atoms with Crippen LogP contribution in [0.25, 0.3) is 0 Å². The molecule has 0 aromatic heterocycles. The minimum absolute atomic E-state index is 0.0217. The standard InChI is InChI=1S/C29H42N2O13S/c1-5-45(40,41)14-8-6-7-9-20(32)30-13-12-21(33)31-18-15-17(16-42-28(39)29(2,3)4)10-11-19(18)43-27-24(36)22(34)23(35)25(44-27)26(37)38/h5,10-11,15,22-25,27,34-36H,1,6-9,12-14,16H2,2-4H3,(H,30,32)(H,31,33)(H,37,38)/t22-,23+,24-,25-,27+/m0/s1. The Hall–Kier alpha value is -3.57. The molecule has 0 bridgehead atoms. The van der Waals surface area contributed by atoms with Crippen molar-refractivity contribution in [2.24, 2.45) is 5.41 Å². The van der Waals surface area contributed by atoms with E-state index in [2.05, 4.69) is 17.2 Å². The lowest BCUT2D eigenvalue weighted by atomic mass is 9.97. The number of benzene rings is 1. The molecule has 1 aromatic rings. The van der Waals surface area contributed by atoms with Crippen molar-refractivity contribution in [3.05, 3.63) is 35.7 Å². The van der Waals surface area contributed by atoms with Gasteiger partial charge in [0.2, 0.25) is 18.1 Å². The lowest BCUT2D eigenvalue weighted by molar-refractivity contribution is -0.271. The number of esters is 1. The minimum Gasteiger partial charge on any atom is -0.479 e. The summed E-state index contributed by atoms with van der Waals surface area (Å²) in [5.41, 5.74) is -0.307. The van der Waals surface area contributed by atoms with E-state index in [4.69, 9.17) is 14.2 Å². The highest BCUT2D eigenvalue weighted by atomic mass is 32.2. The molecule has 45 heavy (non-hydrogen) atoms. The number of carbonyl (C=O) groups is 4. The van der Waals surface area contributed by atoms with Crippen LogP contribution in [-0.2, 0) is 45.1 Å². The molecular formula is C29H42N2O13S. The van der Waals surface area contributed by atoms with E-state index in [9.17, 15) is 48.0 Å². The molecule has 0 aliphatic carbocycles. The second-order valence-electron chi connectivity index (χ2n) is 11.5. The molecule has 1 fully saturated rings. The predicted octanol–water partition coefficient (Wildman–Crippen LogP) is 0.610. The van der Waals surface area contributed by atoms with Crippen LogP contribution >= 0.6 is 0 Å². The number of aliphatic hydroxyl groups excluding tert-OH is 3. The zero-order valence-electron chi connectivity index (χ0n) is 25.4. The third-order valence-electron chi connectivity index (χ3n) is 6.62. The van der Waals surface area contributed by atoms with Crippen molar-refractivity contribution in [2.75, 3.05) is 17.6 Å². The Morgan fingerprint density at radius 3 is 2.31 bits per heavy atom. The number of hydrogen-bond acceptors (Lipinski definition) is 12. The Labute approximate surface area is 261 Å². The van der Waals surface area contributed by atoms with Crippen LogP contribution in [0, 0.1) is 5.41 Å². The molecule has 5 atom stereocenters. The first-order chi connectivity index (χ1) is 20.9. The Balaban J connectivity index is 2.06. The summed E-state index contributed by atoms with van der Waals surface area (Å²) in [5.74, 6) is -3.11. The van der Waals surface area contributed by atoms with E-state index in [-0.39, 0.29) is 49.1 Å². The number of aliphatic carboxylic acids is 1. The van der Waals surface area contributed by atoms with Crippen LogP contribution in [0.15, 0.2) is 30.2 Å². The first-order valence-electron chi connectivity index (χ1n) is 14.3. The maximum absolute atomic E-state index is 12.8. The zero-order chi connectivity index (χ0) is 33.9. The average molecular weight is 659 g/mol. The number of anilines is 1. The molecule has 16 heteroatoms. The van der Waals surface area contributed by atoms with E-state index in [0.717, 1.165) is 5.41 Å². The fraction of sp³-hybridized carbons (Fsp3) is 0.586. The van der Waals surface area contributed by atoms with Crippen LogP contribution in [0.3, 0.4) is 0 Å². The molecule has 1 heterocycles. The van der Waals surface area contributed by atoms with Gasteiger partial charge in [-0.15, -0.1) is 0 Å². The van der Waals surface area contributed by atoms with Crippen molar-refractivity contribution >= 4 is 39.3 Å². The van der Waals surface area contributed by atoms with Gasteiger partial charge in [-0.1, -0.05) is 19.1 Å². The highest BCUT2D eigenvalue weighted by molar-refractivity contribution is 7.94. The normalized spacial score (nSPS) is 21.8. The van der Waals surface area contributed by atoms with Gasteiger partial charge in [0, 0.05) is 24.8 Å². The van der Waals surface area contributed by atoms with E-state index in [1.165, 1.54) is 18.2 Å². The molecule has 2 rings (SSSR count). The highest BCUT2D eigenvalue weighted by Gasteiger charge is 2.48. The van der Waals surface area contributed by atoms with Crippen molar-refractivity contribution in [3.63, 3.8) is 0 Å². The molecule has 0 spiro atoms. The maximum Gasteiger partial charge on any atom is 0.335 e. The summed E-state index contributed by atoms with van der Waals surface area (Å²) in [6.07, 6.45) is -8.01. The van der Waals surface area contributed by atoms with Crippen LogP contribution < -0.4 is 15.4 Å². The van der Waals surface area contributed by atoms with Crippen LogP contribution in [0.5, 0.6) is 5.75 Å². The molecule has 1 aliphatic heterocycles. The number of carboxylic acid groups (broad SMARTS) is 1. The van der Waals surface area contributed by atoms with Crippen molar-refractivity contribution in [1.29, 1.82) is 0 Å². The summed E-state index contributed by atoms with van der Waals surface area (Å²) in [6.45, 7) is 8.10. The third kappa shape index (κ3) is 12.0. The van der Waals surface area contributed by atoms with Crippen molar-refractivity contribution in [2.45, 2.75) is 90.2 Å². The van der Waals surface area contributed by atoms with Gasteiger partial charge >= 0.3 is 11.9 Å². The van der Waals surface area contributed by atoms with Gasteiger partial charge in [-0.2, -0.15) is 0 Å². The molecule has 1 aromatic carbocycles. The van der Waals surface area contributed by atoms with Crippen LogP contribution in [0.4, 0.5) is 5.69 Å². The van der Waals surface area contributed by atoms with E-state index >= 15 is 0 Å². The topological polar surface area (TPSA) is 235 Å². The lowest BCUT2D eigenvalue weighted by Crippen LogP contribution is -2.61. The van der Waals surface area contributed by atoms with Gasteiger partial charge in [0.25, 0.3) is 0 Å². The summed E-state index contributed by atoms with van der Waals surface area (Å²) < 4.78 is 39.0. The van der Waals surface area contributed by atoms with Crippen molar-refractivity contribution < 1.29 is 62.2 Å². The third-order valence-corrected chi connectivity index (χ3v) is 7.98. The fourth-order valence-electron chi connectivity index (χ4n) is 3.97. The van der Waals surface area contributed by atoms with Gasteiger partial charge in [-0.05, 0) is 51.3 Å². The van der Waals surface area contributed by atoms with Gasteiger partial charge in [-0.3, -0.25) is 14.4 Å². The van der Waals surface area contributed by atoms with Crippen molar-refractivity contribution in [3.8, 4) is 5.75 Å². The molecule has 6 N–H and O–H groups in total. The average Bonchev–Trinajstić information content (AvgIpc) is 2.96. The first-order valence-corrected chi connectivity index (χ1v) is 16.0. The number of carbonyl (C=O) groups excluding carboxylic acids is 3. The molecular weight excluding hydrogens is 616 g/mol. The second-order valence-corrected chi connectivity index (χ2v) is 13.6. The Kier molecular flexibility index (Phi) is 13.9. The van der Waals surface area contributed by atoms with Gasteiger partial charge in [0.1, 0.15) is 30.7 Å². The van der Waals surface area contributed by atoms with E-state index in [1.54, 1.807) is 20.8 Å². The number of hydrogen-bond donors (Lipinski definition) is 6. The monoisotopic (exact) mass is 658 g/mol. The van der Waals surface area contributed by atoms with Gasteiger partial charge in [0.05, 0.1) is 16.9 Å². The van der Waals surface area contributed by atoms with Gasteiger partial charge in [-0.25, -0.2) is 13.2 Å². The number of sulfone groups is 1. The summed E-state index contributed by atoms with van der Waals surface area (Å²) in [4.78, 5) is 48.6. The van der Waals surface area contributed by atoms with Crippen LogP contribution in [-0.4, -0.2) is 95.6 Å². The number of unbranched alkanes of at least 4 members (excludes halogenated alkanes) is 2.